The number of ketones is 2. The Morgan fingerprint density at radius 1 is 1.12 bits per heavy atom. The average molecular weight is 455 g/mol. The Hall–Kier alpha value is -2.52. The van der Waals surface area contributed by atoms with Gasteiger partial charge in [-0.1, -0.05) is 49.9 Å². The van der Waals surface area contributed by atoms with Gasteiger partial charge in [-0.25, -0.2) is 0 Å². The normalized spacial score (nSPS) is 36.7. The predicted molar refractivity (Wildman–Crippen MR) is 134 cm³/mol. The summed E-state index contributed by atoms with van der Waals surface area (Å²) in [6, 6.07) is 8.20. The quantitative estimate of drug-likeness (QED) is 0.291. The molecule has 5 atom stereocenters. The number of carbonyl (C=O) groups excluding carboxylic acids is 2. The van der Waals surface area contributed by atoms with Crippen molar-refractivity contribution in [2.45, 2.75) is 69.8 Å². The second-order valence-electron chi connectivity index (χ2n) is 11.3. The Bertz CT molecular complexity index is 1170. The summed E-state index contributed by atoms with van der Waals surface area (Å²) < 4.78 is 6.61. The monoisotopic (exact) mass is 454 g/mol. The number of fused-ring (bicyclic) bond motifs is 5. The van der Waals surface area contributed by atoms with Crippen molar-refractivity contribution in [2.24, 2.45) is 17.3 Å². The molecule has 1 saturated heterocycles. The van der Waals surface area contributed by atoms with E-state index in [-0.39, 0.29) is 28.5 Å². The second-order valence-corrected chi connectivity index (χ2v) is 11.3. The van der Waals surface area contributed by atoms with Gasteiger partial charge in [0.05, 0.1) is 12.2 Å². The zero-order valence-corrected chi connectivity index (χ0v) is 20.2. The Morgan fingerprint density at radius 3 is 2.62 bits per heavy atom. The van der Waals surface area contributed by atoms with E-state index in [4.69, 9.17) is 4.74 Å². The molecule has 3 heteroatoms. The standard InChI is InChI=1S/C31H34O3/c1-4-28(33)21-7-5-20(6-8-21)26-18-30(3)27(13-15-31(30)19(2)14-16-34-31)25-11-9-22-17-23(32)10-12-24(22)29(25)26/h4-8,17,25-27H,1-2,9-16,18H2,3H3/t25-,26+,27-,30-,31+/m0/s1. The van der Waals surface area contributed by atoms with Crippen molar-refractivity contribution in [2.75, 3.05) is 6.61 Å². The van der Waals surface area contributed by atoms with Gasteiger partial charge >= 0.3 is 0 Å². The predicted octanol–water partition coefficient (Wildman–Crippen LogP) is 6.67. The van der Waals surface area contributed by atoms with Gasteiger partial charge in [0, 0.05) is 23.3 Å². The van der Waals surface area contributed by atoms with E-state index in [1.807, 2.05) is 18.2 Å². The summed E-state index contributed by atoms with van der Waals surface area (Å²) in [6.45, 7) is 11.4. The number of hydrogen-bond donors (Lipinski definition) is 0. The van der Waals surface area contributed by atoms with Crippen molar-refractivity contribution >= 4 is 11.6 Å². The van der Waals surface area contributed by atoms with Gasteiger partial charge in [0.1, 0.15) is 0 Å². The molecule has 0 unspecified atom stereocenters. The minimum atomic E-state index is -0.205. The minimum Gasteiger partial charge on any atom is -0.370 e. The number of benzene rings is 1. The number of allylic oxidation sites excluding steroid dienone is 5. The molecule has 1 aromatic carbocycles. The van der Waals surface area contributed by atoms with Crippen LogP contribution in [0.5, 0.6) is 0 Å². The first-order chi connectivity index (χ1) is 16.4. The van der Waals surface area contributed by atoms with Gasteiger partial charge < -0.3 is 4.74 Å². The molecule has 0 bridgehead atoms. The van der Waals surface area contributed by atoms with Gasteiger partial charge in [0.25, 0.3) is 0 Å². The maximum atomic E-state index is 12.2. The van der Waals surface area contributed by atoms with Crippen LogP contribution in [0.2, 0.25) is 0 Å². The molecule has 6 rings (SSSR count). The van der Waals surface area contributed by atoms with Gasteiger partial charge in [-0.05, 0) is 91.2 Å². The summed E-state index contributed by atoms with van der Waals surface area (Å²) in [5, 5.41) is 0. The molecule has 3 nitrogen and oxygen atoms in total. The van der Waals surface area contributed by atoms with Crippen LogP contribution < -0.4 is 0 Å². The van der Waals surface area contributed by atoms with Gasteiger partial charge in [0.15, 0.2) is 11.6 Å². The highest BCUT2D eigenvalue weighted by molar-refractivity contribution is 6.04. The van der Waals surface area contributed by atoms with Crippen molar-refractivity contribution in [1.82, 2.24) is 0 Å². The maximum Gasteiger partial charge on any atom is 0.185 e. The van der Waals surface area contributed by atoms with Gasteiger partial charge in [-0.3, -0.25) is 9.59 Å². The molecule has 2 saturated carbocycles. The van der Waals surface area contributed by atoms with Gasteiger partial charge in [0.2, 0.25) is 0 Å². The van der Waals surface area contributed by atoms with E-state index in [1.54, 1.807) is 5.57 Å². The largest absolute Gasteiger partial charge is 0.370 e. The molecule has 0 amide bonds. The Balaban J connectivity index is 1.50. The van der Waals surface area contributed by atoms with E-state index in [0.29, 0.717) is 23.8 Å². The molecule has 4 aliphatic carbocycles. The Labute approximate surface area is 202 Å². The second kappa shape index (κ2) is 7.75. The lowest BCUT2D eigenvalue weighted by Gasteiger charge is -2.55. The van der Waals surface area contributed by atoms with Gasteiger partial charge in [-0.15, -0.1) is 0 Å². The molecule has 1 heterocycles. The molecular weight excluding hydrogens is 420 g/mol. The third kappa shape index (κ3) is 2.92. The zero-order chi connectivity index (χ0) is 23.7. The smallest absolute Gasteiger partial charge is 0.185 e. The summed E-state index contributed by atoms with van der Waals surface area (Å²) in [4.78, 5) is 24.4. The van der Waals surface area contributed by atoms with Gasteiger partial charge in [-0.2, -0.15) is 0 Å². The first-order valence-corrected chi connectivity index (χ1v) is 12.9. The number of ether oxygens (including phenoxy) is 1. The zero-order valence-electron chi connectivity index (χ0n) is 20.2. The number of carbonyl (C=O) groups is 2. The van der Waals surface area contributed by atoms with Crippen LogP contribution in [0.1, 0.15) is 80.1 Å². The molecular formula is C31H34O3. The summed E-state index contributed by atoms with van der Waals surface area (Å²) in [5.74, 6) is 1.62. The highest BCUT2D eigenvalue weighted by Crippen LogP contribution is 2.70. The average Bonchev–Trinajstić information content (AvgIpc) is 3.38. The van der Waals surface area contributed by atoms with Crippen molar-refractivity contribution < 1.29 is 14.3 Å². The molecule has 1 spiro atoms. The highest BCUT2D eigenvalue weighted by atomic mass is 16.5. The molecule has 0 aromatic heterocycles. The Kier molecular flexibility index (Phi) is 5.01. The van der Waals surface area contributed by atoms with E-state index in [9.17, 15) is 9.59 Å². The lowest BCUT2D eigenvalue weighted by molar-refractivity contribution is -0.114. The lowest BCUT2D eigenvalue weighted by Crippen LogP contribution is -2.52. The Morgan fingerprint density at radius 2 is 1.91 bits per heavy atom. The van der Waals surface area contributed by atoms with Crippen molar-refractivity contribution in [3.8, 4) is 0 Å². The molecule has 0 radical (unpaired) electrons. The van der Waals surface area contributed by atoms with Crippen LogP contribution >= 0.6 is 0 Å². The van der Waals surface area contributed by atoms with Crippen molar-refractivity contribution in [3.63, 3.8) is 0 Å². The maximum absolute atomic E-state index is 12.2. The number of rotatable bonds is 3. The van der Waals surface area contributed by atoms with Crippen molar-refractivity contribution in [1.29, 1.82) is 0 Å². The molecule has 5 aliphatic rings. The van der Waals surface area contributed by atoms with E-state index >= 15 is 0 Å². The first-order valence-electron chi connectivity index (χ1n) is 12.9. The molecule has 1 aromatic rings. The van der Waals surface area contributed by atoms with E-state index in [0.717, 1.165) is 45.1 Å². The van der Waals surface area contributed by atoms with Crippen LogP contribution in [0.4, 0.5) is 0 Å². The molecule has 0 N–H and O–H groups in total. The first kappa shape index (κ1) is 22.0. The third-order valence-electron chi connectivity index (χ3n) is 9.96. The van der Waals surface area contributed by atoms with E-state index in [2.05, 4.69) is 32.2 Å². The summed E-state index contributed by atoms with van der Waals surface area (Å²) in [5.41, 5.74) is 7.41. The number of hydrogen-bond acceptors (Lipinski definition) is 3. The van der Waals surface area contributed by atoms with Crippen LogP contribution in [-0.4, -0.2) is 23.8 Å². The molecule has 176 valence electrons. The van der Waals surface area contributed by atoms with E-state index in [1.165, 1.54) is 34.8 Å². The third-order valence-corrected chi connectivity index (χ3v) is 9.96. The molecule has 3 fully saturated rings. The fourth-order valence-corrected chi connectivity index (χ4v) is 8.41. The summed E-state index contributed by atoms with van der Waals surface area (Å²) in [7, 11) is 0. The fourth-order valence-electron chi connectivity index (χ4n) is 8.41. The van der Waals surface area contributed by atoms with Crippen LogP contribution in [-0.2, 0) is 9.53 Å². The summed E-state index contributed by atoms with van der Waals surface area (Å²) >= 11 is 0. The van der Waals surface area contributed by atoms with Crippen LogP contribution in [0.15, 0.2) is 71.9 Å². The molecule has 1 aliphatic heterocycles. The van der Waals surface area contributed by atoms with Crippen LogP contribution in [0.25, 0.3) is 0 Å². The van der Waals surface area contributed by atoms with E-state index < -0.39 is 0 Å². The van der Waals surface area contributed by atoms with Crippen molar-refractivity contribution in [3.05, 3.63) is 83.0 Å². The fraction of sp³-hybridized carbons (Fsp3) is 0.484. The van der Waals surface area contributed by atoms with Crippen LogP contribution in [0.3, 0.4) is 0 Å². The summed E-state index contributed by atoms with van der Waals surface area (Å²) in [6.07, 6.45) is 11.2. The molecule has 34 heavy (non-hydrogen) atoms. The SMILES string of the molecule is C=CC(=O)c1ccc([C@H]2C[C@@]3(C)[C@@H](CC[C@]34OCCC4=C)[C@@H]3CCC4=CC(=O)CCC4=C32)cc1. The topological polar surface area (TPSA) is 43.4 Å². The van der Waals surface area contributed by atoms with Crippen LogP contribution in [0, 0.1) is 17.3 Å². The highest BCUT2D eigenvalue weighted by Gasteiger charge is 2.65. The lowest BCUT2D eigenvalue weighted by atomic mass is 9.50. The minimum absolute atomic E-state index is 0.0406.